The van der Waals surface area contributed by atoms with E-state index in [9.17, 15) is 12.8 Å². The molecule has 1 rings (SSSR count). The molecule has 104 valence electrons. The zero-order chi connectivity index (χ0) is 14.5. The van der Waals surface area contributed by atoms with Gasteiger partial charge in [0.15, 0.2) is 0 Å². The van der Waals surface area contributed by atoms with Gasteiger partial charge in [0.1, 0.15) is 22.3 Å². The minimum absolute atomic E-state index is 0.256. The average molecular weight is 302 g/mol. The third kappa shape index (κ3) is 4.20. The molecule has 1 aromatic carbocycles. The quantitative estimate of drug-likeness (QED) is 0.874. The predicted molar refractivity (Wildman–Crippen MR) is 73.9 cm³/mol. The van der Waals surface area contributed by atoms with Gasteiger partial charge in [-0.3, -0.25) is 0 Å². The summed E-state index contributed by atoms with van der Waals surface area (Å²) in [6, 6.07) is 5.14. The van der Waals surface area contributed by atoms with Crippen LogP contribution in [-0.2, 0) is 10.0 Å². The number of sulfonamides is 1. The Kier molecular flexibility index (Phi) is 5.79. The van der Waals surface area contributed by atoms with Crippen LogP contribution in [-0.4, -0.2) is 26.5 Å². The first-order valence-corrected chi connectivity index (χ1v) is 8.40. The highest BCUT2D eigenvalue weighted by Gasteiger charge is 2.20. The summed E-state index contributed by atoms with van der Waals surface area (Å²) in [5, 5.41) is 9.15. The van der Waals surface area contributed by atoms with Gasteiger partial charge in [0.2, 0.25) is 10.0 Å². The molecule has 1 N–H and O–H groups in total. The van der Waals surface area contributed by atoms with Crippen LogP contribution >= 0.6 is 11.8 Å². The van der Waals surface area contributed by atoms with E-state index in [-0.39, 0.29) is 11.4 Å². The summed E-state index contributed by atoms with van der Waals surface area (Å²) < 4.78 is 39.7. The molecule has 0 heterocycles. The number of hydrogen-bond donors (Lipinski definition) is 1. The van der Waals surface area contributed by atoms with Crippen LogP contribution in [0.3, 0.4) is 0 Å². The van der Waals surface area contributed by atoms with Gasteiger partial charge in [-0.1, -0.05) is 13.0 Å². The van der Waals surface area contributed by atoms with Crippen molar-refractivity contribution in [2.45, 2.75) is 23.5 Å². The van der Waals surface area contributed by atoms with Crippen LogP contribution in [0.5, 0.6) is 0 Å². The third-order valence-electron chi connectivity index (χ3n) is 2.62. The van der Waals surface area contributed by atoms with Crippen LogP contribution in [0.1, 0.15) is 18.9 Å². The van der Waals surface area contributed by atoms with Crippen LogP contribution in [0, 0.1) is 17.1 Å². The fourth-order valence-corrected chi connectivity index (χ4v) is 2.99. The van der Waals surface area contributed by atoms with Gasteiger partial charge in [-0.15, -0.1) is 0 Å². The lowest BCUT2D eigenvalue weighted by atomic mass is 10.2. The van der Waals surface area contributed by atoms with Gasteiger partial charge < -0.3 is 0 Å². The van der Waals surface area contributed by atoms with Crippen molar-refractivity contribution >= 4 is 21.8 Å². The molecule has 0 spiro atoms. The van der Waals surface area contributed by atoms with Gasteiger partial charge in [0, 0.05) is 11.8 Å². The van der Waals surface area contributed by atoms with Crippen LogP contribution in [0.2, 0.25) is 0 Å². The molecule has 0 bridgehead atoms. The normalized spacial score (nSPS) is 12.9. The maximum absolute atomic E-state index is 13.4. The molecule has 0 saturated heterocycles. The van der Waals surface area contributed by atoms with Crippen molar-refractivity contribution in [2.24, 2.45) is 0 Å². The van der Waals surface area contributed by atoms with Crippen molar-refractivity contribution in [2.75, 3.05) is 12.8 Å². The summed E-state index contributed by atoms with van der Waals surface area (Å²) in [6.07, 6.45) is 2.61. The molecule has 0 aromatic heterocycles. The SMILES string of the molecule is CSC(C)CCNS(=O)(=O)c1cccc(F)c1C#N. The largest absolute Gasteiger partial charge is 0.241 e. The van der Waals surface area contributed by atoms with Crippen LogP contribution < -0.4 is 4.72 Å². The maximum atomic E-state index is 13.4. The van der Waals surface area contributed by atoms with Gasteiger partial charge in [0.05, 0.1) is 0 Å². The van der Waals surface area contributed by atoms with Crippen molar-refractivity contribution in [1.29, 1.82) is 5.26 Å². The topological polar surface area (TPSA) is 70.0 Å². The molecule has 0 aliphatic rings. The Labute approximate surface area is 117 Å². The highest BCUT2D eigenvalue weighted by molar-refractivity contribution is 7.99. The Morgan fingerprint density at radius 3 is 2.79 bits per heavy atom. The Morgan fingerprint density at radius 2 is 2.21 bits per heavy atom. The molecule has 1 atom stereocenters. The number of hydrogen-bond acceptors (Lipinski definition) is 4. The van der Waals surface area contributed by atoms with Crippen molar-refractivity contribution in [3.63, 3.8) is 0 Å². The average Bonchev–Trinajstić information content (AvgIpc) is 2.37. The van der Waals surface area contributed by atoms with Gasteiger partial charge in [-0.25, -0.2) is 17.5 Å². The molecular formula is C12H15FN2O2S2. The molecule has 4 nitrogen and oxygen atoms in total. The highest BCUT2D eigenvalue weighted by atomic mass is 32.2. The lowest BCUT2D eigenvalue weighted by Crippen LogP contribution is -2.27. The highest BCUT2D eigenvalue weighted by Crippen LogP contribution is 2.18. The molecule has 1 unspecified atom stereocenters. The first-order chi connectivity index (χ1) is 8.92. The van der Waals surface area contributed by atoms with Gasteiger partial charge in [0.25, 0.3) is 0 Å². The standard InChI is InChI=1S/C12H15FN2O2S2/c1-9(18-2)6-7-15-19(16,17)12-5-3-4-11(13)10(12)8-14/h3-5,9,15H,6-7H2,1-2H3. The van der Waals surface area contributed by atoms with Crippen molar-refractivity contribution < 1.29 is 12.8 Å². The van der Waals surface area contributed by atoms with E-state index in [1.165, 1.54) is 12.1 Å². The number of nitrogens with zero attached hydrogens (tertiary/aromatic N) is 1. The number of nitriles is 1. The zero-order valence-corrected chi connectivity index (χ0v) is 12.3. The summed E-state index contributed by atoms with van der Waals surface area (Å²) >= 11 is 1.63. The third-order valence-corrected chi connectivity index (χ3v) is 5.17. The fraction of sp³-hybridized carbons (Fsp3) is 0.417. The summed E-state index contributed by atoms with van der Waals surface area (Å²) in [4.78, 5) is -0.313. The second kappa shape index (κ2) is 6.89. The number of nitrogens with one attached hydrogen (secondary N) is 1. The summed E-state index contributed by atoms with van der Waals surface area (Å²) in [5.74, 6) is -0.831. The van der Waals surface area contributed by atoms with Crippen LogP contribution in [0.4, 0.5) is 4.39 Å². The van der Waals surface area contributed by atoms with Crippen LogP contribution in [0.25, 0.3) is 0 Å². The second-order valence-electron chi connectivity index (χ2n) is 3.96. The molecule has 0 aliphatic carbocycles. The summed E-state index contributed by atoms with van der Waals surface area (Å²) in [5.41, 5.74) is -0.451. The molecule has 0 radical (unpaired) electrons. The maximum Gasteiger partial charge on any atom is 0.241 e. The molecule has 0 amide bonds. The van der Waals surface area contributed by atoms with E-state index in [0.717, 1.165) is 6.07 Å². The first kappa shape index (κ1) is 16.0. The summed E-state index contributed by atoms with van der Waals surface area (Å²) in [6.45, 7) is 2.24. The Hall–Kier alpha value is -1.10. The molecule has 7 heteroatoms. The van der Waals surface area contributed by atoms with E-state index in [1.807, 2.05) is 13.2 Å². The Balaban J connectivity index is 2.90. The first-order valence-electron chi connectivity index (χ1n) is 5.63. The minimum atomic E-state index is -3.85. The number of thioether (sulfide) groups is 1. The van der Waals surface area contributed by atoms with E-state index in [0.29, 0.717) is 11.7 Å². The van der Waals surface area contributed by atoms with E-state index in [4.69, 9.17) is 5.26 Å². The van der Waals surface area contributed by atoms with Crippen LogP contribution in [0.15, 0.2) is 23.1 Å². The molecule has 19 heavy (non-hydrogen) atoms. The van der Waals surface area contributed by atoms with E-state index in [1.54, 1.807) is 17.8 Å². The van der Waals surface area contributed by atoms with Gasteiger partial charge in [-0.2, -0.15) is 17.0 Å². The molecule has 0 saturated carbocycles. The van der Waals surface area contributed by atoms with Crippen molar-refractivity contribution in [3.05, 3.63) is 29.6 Å². The number of benzene rings is 1. The summed E-state index contributed by atoms with van der Waals surface area (Å²) in [7, 11) is -3.85. The fourth-order valence-electron chi connectivity index (χ4n) is 1.43. The molecule has 0 fully saturated rings. The van der Waals surface area contributed by atoms with Crippen molar-refractivity contribution in [3.8, 4) is 6.07 Å². The number of rotatable bonds is 6. The van der Waals surface area contributed by atoms with E-state index >= 15 is 0 Å². The van der Waals surface area contributed by atoms with Gasteiger partial charge >= 0.3 is 0 Å². The molecule has 1 aromatic rings. The Morgan fingerprint density at radius 1 is 1.53 bits per heavy atom. The second-order valence-corrected chi connectivity index (χ2v) is 6.97. The smallest absolute Gasteiger partial charge is 0.211 e. The Bertz CT molecular complexity index is 582. The van der Waals surface area contributed by atoms with E-state index in [2.05, 4.69) is 4.72 Å². The van der Waals surface area contributed by atoms with E-state index < -0.39 is 21.4 Å². The lowest BCUT2D eigenvalue weighted by Gasteiger charge is -2.11. The minimum Gasteiger partial charge on any atom is -0.211 e. The van der Waals surface area contributed by atoms with Gasteiger partial charge in [-0.05, 0) is 24.8 Å². The molecular weight excluding hydrogens is 287 g/mol. The zero-order valence-electron chi connectivity index (χ0n) is 10.7. The predicted octanol–water partition coefficient (Wildman–Crippen LogP) is 2.12. The molecule has 0 aliphatic heterocycles. The number of halogens is 1. The monoisotopic (exact) mass is 302 g/mol. The van der Waals surface area contributed by atoms with Crippen molar-refractivity contribution in [1.82, 2.24) is 4.72 Å². The lowest BCUT2D eigenvalue weighted by molar-refractivity contribution is 0.574.